The number of hydrogen-bond donors (Lipinski definition) is 1. The van der Waals surface area contributed by atoms with Crippen molar-refractivity contribution in [2.24, 2.45) is 5.73 Å². The van der Waals surface area contributed by atoms with E-state index in [1.54, 1.807) is 6.07 Å². The van der Waals surface area contributed by atoms with Crippen molar-refractivity contribution in [2.45, 2.75) is 0 Å². The van der Waals surface area contributed by atoms with Crippen molar-refractivity contribution in [1.82, 2.24) is 0 Å². The zero-order valence-electron chi connectivity index (χ0n) is 9.78. The summed E-state index contributed by atoms with van der Waals surface area (Å²) < 4.78 is 0.854. The number of nitrogens with two attached hydrogens (primary N) is 1. The normalized spacial score (nSPS) is 11.1. The SMILES string of the molecule is NC(=O)c1cccc2cc3c(Cl)c(Br)ccc3cc12. The average Bonchev–Trinajstić information content (AvgIpc) is 2.40. The molecule has 19 heavy (non-hydrogen) atoms. The highest BCUT2D eigenvalue weighted by Gasteiger charge is 2.09. The highest BCUT2D eigenvalue weighted by atomic mass is 79.9. The van der Waals surface area contributed by atoms with Crippen molar-refractivity contribution < 1.29 is 4.79 Å². The van der Waals surface area contributed by atoms with Gasteiger partial charge in [-0.1, -0.05) is 29.8 Å². The number of fused-ring (bicyclic) bond motifs is 2. The second kappa shape index (κ2) is 4.51. The third-order valence-corrected chi connectivity index (χ3v) is 4.47. The first-order chi connectivity index (χ1) is 9.08. The Kier molecular flexibility index (Phi) is 2.96. The van der Waals surface area contributed by atoms with Gasteiger partial charge in [0.1, 0.15) is 0 Å². The third-order valence-electron chi connectivity index (χ3n) is 3.17. The molecule has 0 spiro atoms. The minimum atomic E-state index is -0.423. The molecular formula is C15H9BrClNO. The smallest absolute Gasteiger partial charge is 0.249 e. The predicted octanol–water partition coefficient (Wildman–Crippen LogP) is 4.51. The minimum Gasteiger partial charge on any atom is -0.366 e. The molecule has 4 heteroatoms. The molecule has 0 saturated carbocycles. The first-order valence-corrected chi connectivity index (χ1v) is 6.85. The highest BCUT2D eigenvalue weighted by Crippen LogP contribution is 2.34. The van der Waals surface area contributed by atoms with Gasteiger partial charge >= 0.3 is 0 Å². The van der Waals surface area contributed by atoms with Crippen LogP contribution >= 0.6 is 27.5 Å². The number of amides is 1. The maximum atomic E-state index is 11.5. The van der Waals surface area contributed by atoms with Crippen molar-refractivity contribution in [3.05, 3.63) is 57.5 Å². The molecule has 3 aromatic carbocycles. The molecule has 0 aliphatic carbocycles. The maximum Gasteiger partial charge on any atom is 0.249 e. The number of carbonyl (C=O) groups excluding carboxylic acids is 1. The van der Waals surface area contributed by atoms with E-state index in [9.17, 15) is 4.79 Å². The monoisotopic (exact) mass is 333 g/mol. The molecule has 0 aliphatic heterocycles. The fraction of sp³-hybridized carbons (Fsp3) is 0. The first-order valence-electron chi connectivity index (χ1n) is 5.68. The van der Waals surface area contributed by atoms with Gasteiger partial charge in [-0.05, 0) is 56.4 Å². The Bertz CT molecular complexity index is 829. The quantitative estimate of drug-likeness (QED) is 0.654. The minimum absolute atomic E-state index is 0.423. The molecular weight excluding hydrogens is 326 g/mol. The van der Waals surface area contributed by atoms with E-state index in [0.717, 1.165) is 26.0 Å². The summed E-state index contributed by atoms with van der Waals surface area (Å²) in [5.41, 5.74) is 5.93. The predicted molar refractivity (Wildman–Crippen MR) is 82.7 cm³/mol. The summed E-state index contributed by atoms with van der Waals surface area (Å²) in [7, 11) is 0. The van der Waals surface area contributed by atoms with E-state index in [2.05, 4.69) is 15.9 Å². The molecule has 0 saturated heterocycles. The molecule has 0 unspecified atom stereocenters. The van der Waals surface area contributed by atoms with E-state index in [1.807, 2.05) is 36.4 Å². The van der Waals surface area contributed by atoms with Crippen LogP contribution < -0.4 is 5.73 Å². The number of hydrogen-bond acceptors (Lipinski definition) is 1. The molecule has 0 aromatic heterocycles. The van der Waals surface area contributed by atoms with Crippen LogP contribution in [0.25, 0.3) is 21.5 Å². The summed E-state index contributed by atoms with van der Waals surface area (Å²) >= 11 is 9.70. The van der Waals surface area contributed by atoms with Gasteiger partial charge < -0.3 is 5.73 Å². The second-order valence-corrected chi connectivity index (χ2v) is 5.56. The molecule has 94 valence electrons. The Labute approximate surface area is 123 Å². The summed E-state index contributed by atoms with van der Waals surface area (Å²) in [6.45, 7) is 0. The van der Waals surface area contributed by atoms with Crippen LogP contribution in [-0.2, 0) is 0 Å². The fourth-order valence-corrected chi connectivity index (χ4v) is 2.82. The Morgan fingerprint density at radius 1 is 1.05 bits per heavy atom. The lowest BCUT2D eigenvalue weighted by Crippen LogP contribution is -2.11. The van der Waals surface area contributed by atoms with Crippen LogP contribution in [0, 0.1) is 0 Å². The highest BCUT2D eigenvalue weighted by molar-refractivity contribution is 9.10. The molecule has 0 heterocycles. The molecule has 0 radical (unpaired) electrons. The van der Waals surface area contributed by atoms with Crippen molar-refractivity contribution in [1.29, 1.82) is 0 Å². The molecule has 2 N–H and O–H groups in total. The summed E-state index contributed by atoms with van der Waals surface area (Å²) in [4.78, 5) is 11.5. The van der Waals surface area contributed by atoms with Gasteiger partial charge in [0, 0.05) is 15.4 Å². The third kappa shape index (κ3) is 1.99. The van der Waals surface area contributed by atoms with Crippen molar-refractivity contribution >= 4 is 55.0 Å². The molecule has 3 aromatic rings. The van der Waals surface area contributed by atoms with Crippen LogP contribution in [0.5, 0.6) is 0 Å². The van der Waals surface area contributed by atoms with Crippen molar-refractivity contribution in [2.75, 3.05) is 0 Å². The zero-order chi connectivity index (χ0) is 13.6. The first kappa shape index (κ1) is 12.5. The number of rotatable bonds is 1. The lowest BCUT2D eigenvalue weighted by Gasteiger charge is -2.08. The van der Waals surface area contributed by atoms with E-state index in [1.165, 1.54) is 0 Å². The van der Waals surface area contributed by atoms with E-state index >= 15 is 0 Å². The molecule has 0 aliphatic rings. The summed E-state index contributed by atoms with van der Waals surface area (Å²) in [5, 5.41) is 4.40. The van der Waals surface area contributed by atoms with E-state index in [0.29, 0.717) is 10.6 Å². The molecule has 0 atom stereocenters. The summed E-state index contributed by atoms with van der Waals surface area (Å²) in [5.74, 6) is -0.423. The van der Waals surface area contributed by atoms with Gasteiger partial charge in [0.05, 0.1) is 5.02 Å². The molecule has 2 nitrogen and oxygen atoms in total. The largest absolute Gasteiger partial charge is 0.366 e. The Morgan fingerprint density at radius 2 is 1.74 bits per heavy atom. The van der Waals surface area contributed by atoms with Crippen molar-refractivity contribution in [3.63, 3.8) is 0 Å². The second-order valence-electron chi connectivity index (χ2n) is 4.33. The van der Waals surface area contributed by atoms with E-state index in [-0.39, 0.29) is 0 Å². The molecule has 0 fully saturated rings. The van der Waals surface area contributed by atoms with Crippen molar-refractivity contribution in [3.8, 4) is 0 Å². The van der Waals surface area contributed by atoms with E-state index < -0.39 is 5.91 Å². The van der Waals surface area contributed by atoms with Crippen LogP contribution in [0.4, 0.5) is 0 Å². The van der Waals surface area contributed by atoms with Gasteiger partial charge in [-0.25, -0.2) is 0 Å². The average molecular weight is 335 g/mol. The molecule has 3 rings (SSSR count). The summed E-state index contributed by atoms with van der Waals surface area (Å²) in [6.07, 6.45) is 0. The van der Waals surface area contributed by atoms with Gasteiger partial charge in [0.2, 0.25) is 5.91 Å². The number of benzene rings is 3. The van der Waals surface area contributed by atoms with Gasteiger partial charge in [0.25, 0.3) is 0 Å². The Hall–Kier alpha value is -1.58. The maximum absolute atomic E-state index is 11.5. The lowest BCUT2D eigenvalue weighted by atomic mass is 9.99. The molecule has 1 amide bonds. The Morgan fingerprint density at radius 3 is 2.47 bits per heavy atom. The standard InChI is InChI=1S/C15H9BrClNO/c16-13-5-4-9-6-11-8(7-12(9)14(13)17)2-1-3-10(11)15(18)19/h1-7H,(H2,18,19). The topological polar surface area (TPSA) is 43.1 Å². The lowest BCUT2D eigenvalue weighted by molar-refractivity contribution is 0.100. The number of primary amides is 1. The molecule has 0 bridgehead atoms. The van der Waals surface area contributed by atoms with Gasteiger partial charge in [0.15, 0.2) is 0 Å². The van der Waals surface area contributed by atoms with Gasteiger partial charge in [-0.15, -0.1) is 0 Å². The van der Waals surface area contributed by atoms with Crippen LogP contribution in [0.1, 0.15) is 10.4 Å². The van der Waals surface area contributed by atoms with Crippen LogP contribution in [0.15, 0.2) is 46.9 Å². The van der Waals surface area contributed by atoms with Gasteiger partial charge in [-0.3, -0.25) is 4.79 Å². The Balaban J connectivity index is 2.48. The van der Waals surface area contributed by atoms with E-state index in [4.69, 9.17) is 17.3 Å². The number of halogens is 2. The van der Waals surface area contributed by atoms with Crippen LogP contribution in [-0.4, -0.2) is 5.91 Å². The summed E-state index contributed by atoms with van der Waals surface area (Å²) in [6, 6.07) is 13.3. The number of carbonyl (C=O) groups is 1. The van der Waals surface area contributed by atoms with Crippen LogP contribution in [0.2, 0.25) is 5.02 Å². The van der Waals surface area contributed by atoms with Crippen LogP contribution in [0.3, 0.4) is 0 Å². The fourth-order valence-electron chi connectivity index (χ4n) is 2.25. The zero-order valence-corrected chi connectivity index (χ0v) is 12.1. The van der Waals surface area contributed by atoms with Gasteiger partial charge in [-0.2, -0.15) is 0 Å².